The second kappa shape index (κ2) is 7.92. The number of benzene rings is 3. The van der Waals surface area contributed by atoms with Crippen LogP contribution in [-0.2, 0) is 6.42 Å². The van der Waals surface area contributed by atoms with Gasteiger partial charge in [0, 0.05) is 18.2 Å². The van der Waals surface area contributed by atoms with E-state index in [2.05, 4.69) is 46.4 Å². The number of ketones is 2. The van der Waals surface area contributed by atoms with E-state index in [1.165, 1.54) is 29.7 Å². The lowest BCUT2D eigenvalue weighted by Crippen LogP contribution is -2.20. The summed E-state index contributed by atoms with van der Waals surface area (Å²) in [6, 6.07) is 26.8. The molecule has 0 saturated carbocycles. The lowest BCUT2D eigenvalue weighted by Gasteiger charge is -2.14. The van der Waals surface area contributed by atoms with Gasteiger partial charge in [-0.2, -0.15) is 0 Å². The van der Waals surface area contributed by atoms with Gasteiger partial charge in [0.1, 0.15) is 12.0 Å². The fraction of sp³-hybridized carbons (Fsp3) is 0.0370. The van der Waals surface area contributed by atoms with Crippen molar-refractivity contribution in [3.8, 4) is 22.3 Å². The third kappa shape index (κ3) is 3.71. The molecular weight excluding hydrogens is 384 g/mol. The smallest absolute Gasteiger partial charge is 0.205 e. The van der Waals surface area contributed by atoms with E-state index in [1.807, 2.05) is 42.5 Å². The van der Waals surface area contributed by atoms with Crippen LogP contribution in [0.1, 0.15) is 26.4 Å². The van der Waals surface area contributed by atoms with Crippen LogP contribution >= 0.6 is 0 Å². The zero-order chi connectivity index (χ0) is 21.2. The van der Waals surface area contributed by atoms with E-state index < -0.39 is 0 Å². The van der Waals surface area contributed by atoms with Crippen LogP contribution in [-0.4, -0.2) is 21.5 Å². The second-order valence-corrected chi connectivity index (χ2v) is 7.47. The topological polar surface area (TPSA) is 59.9 Å². The highest BCUT2D eigenvalue weighted by Gasteiger charge is 2.26. The number of carbonyl (C=O) groups is 2. The van der Waals surface area contributed by atoms with Crippen LogP contribution in [0, 0.1) is 0 Å². The molecule has 0 unspecified atom stereocenters. The van der Waals surface area contributed by atoms with Crippen LogP contribution in [0.15, 0.2) is 103 Å². The maximum absolute atomic E-state index is 12.7. The molecule has 1 aliphatic carbocycles. The minimum atomic E-state index is -0.248. The minimum Gasteiger partial charge on any atom is -0.289 e. The highest BCUT2D eigenvalue weighted by atomic mass is 16.1. The highest BCUT2D eigenvalue weighted by Crippen LogP contribution is 2.26. The number of nitrogens with zero attached hydrogens (tertiary/aromatic N) is 2. The summed E-state index contributed by atoms with van der Waals surface area (Å²) in [6.45, 7) is 0. The van der Waals surface area contributed by atoms with Gasteiger partial charge in [-0.05, 0) is 33.9 Å². The van der Waals surface area contributed by atoms with Crippen LogP contribution in [0.3, 0.4) is 0 Å². The van der Waals surface area contributed by atoms with E-state index in [1.54, 1.807) is 0 Å². The molecule has 1 aliphatic rings. The van der Waals surface area contributed by atoms with Gasteiger partial charge >= 0.3 is 0 Å². The van der Waals surface area contributed by atoms with Gasteiger partial charge in [0.2, 0.25) is 5.78 Å². The molecule has 1 heterocycles. The standard InChI is InChI=1S/C27H18N2O2/c30-25-15-23(27(31)24-16-28-17-29-26(24)25)14-18-6-8-20(9-7-18)22-12-10-21(11-13-22)19-4-2-1-3-5-19/h1-13,15-17H,14H2. The highest BCUT2D eigenvalue weighted by molar-refractivity contribution is 6.23. The summed E-state index contributed by atoms with van der Waals surface area (Å²) in [7, 11) is 0. The Kier molecular flexibility index (Phi) is 4.81. The Bertz CT molecular complexity index is 1310. The predicted molar refractivity (Wildman–Crippen MR) is 120 cm³/mol. The van der Waals surface area contributed by atoms with Gasteiger partial charge in [0.25, 0.3) is 0 Å². The van der Waals surface area contributed by atoms with Crippen LogP contribution in [0.25, 0.3) is 22.3 Å². The van der Waals surface area contributed by atoms with Gasteiger partial charge in [0.15, 0.2) is 5.78 Å². The summed E-state index contributed by atoms with van der Waals surface area (Å²) in [5, 5.41) is 0. The number of aromatic nitrogens is 2. The van der Waals surface area contributed by atoms with Crippen molar-refractivity contribution in [3.63, 3.8) is 0 Å². The zero-order valence-corrected chi connectivity index (χ0v) is 16.7. The van der Waals surface area contributed by atoms with Crippen molar-refractivity contribution in [2.24, 2.45) is 0 Å². The Morgan fingerprint density at radius 3 is 1.90 bits per heavy atom. The Morgan fingerprint density at radius 1 is 0.677 bits per heavy atom. The summed E-state index contributed by atoms with van der Waals surface area (Å²) >= 11 is 0. The maximum Gasteiger partial charge on any atom is 0.205 e. The summed E-state index contributed by atoms with van der Waals surface area (Å²) in [5.74, 6) is -0.432. The molecule has 5 rings (SSSR count). The van der Waals surface area contributed by atoms with Crippen molar-refractivity contribution >= 4 is 11.6 Å². The quantitative estimate of drug-likeness (QED) is 0.461. The average Bonchev–Trinajstić information content (AvgIpc) is 2.84. The number of rotatable bonds is 4. The third-order valence-electron chi connectivity index (χ3n) is 5.46. The van der Waals surface area contributed by atoms with E-state index in [9.17, 15) is 9.59 Å². The SMILES string of the molecule is O=C1C(Cc2ccc(-c3ccc(-c4ccccc4)cc3)cc2)=CC(=O)c2ncncc21. The van der Waals surface area contributed by atoms with E-state index >= 15 is 0 Å². The predicted octanol–water partition coefficient (Wildman–Crippen LogP) is 5.36. The monoisotopic (exact) mass is 402 g/mol. The Hall–Kier alpha value is -4.18. The Labute approximate surface area is 179 Å². The van der Waals surface area contributed by atoms with Crippen LogP contribution in [0.5, 0.6) is 0 Å². The number of allylic oxidation sites excluding steroid dienone is 2. The molecule has 148 valence electrons. The van der Waals surface area contributed by atoms with Crippen molar-refractivity contribution in [1.29, 1.82) is 0 Å². The van der Waals surface area contributed by atoms with Crippen LogP contribution in [0.2, 0.25) is 0 Å². The lowest BCUT2D eigenvalue weighted by atomic mass is 9.90. The molecule has 31 heavy (non-hydrogen) atoms. The fourth-order valence-electron chi connectivity index (χ4n) is 3.81. The first-order valence-corrected chi connectivity index (χ1v) is 10.0. The first-order chi connectivity index (χ1) is 15.2. The molecule has 4 aromatic rings. The van der Waals surface area contributed by atoms with Gasteiger partial charge in [0.05, 0.1) is 5.56 Å². The molecule has 0 bridgehead atoms. The van der Waals surface area contributed by atoms with Gasteiger partial charge in [-0.25, -0.2) is 9.97 Å². The van der Waals surface area contributed by atoms with Gasteiger partial charge in [-0.3, -0.25) is 9.59 Å². The second-order valence-electron chi connectivity index (χ2n) is 7.47. The minimum absolute atomic E-state index is 0.179. The molecule has 0 saturated heterocycles. The molecule has 0 amide bonds. The van der Waals surface area contributed by atoms with Crippen LogP contribution < -0.4 is 0 Å². The van der Waals surface area contributed by atoms with Crippen molar-refractivity contribution in [1.82, 2.24) is 9.97 Å². The van der Waals surface area contributed by atoms with E-state index in [4.69, 9.17) is 0 Å². The molecule has 4 nitrogen and oxygen atoms in total. The fourth-order valence-corrected chi connectivity index (χ4v) is 3.81. The number of carbonyl (C=O) groups excluding carboxylic acids is 2. The van der Waals surface area contributed by atoms with Crippen molar-refractivity contribution in [2.75, 3.05) is 0 Å². The van der Waals surface area contributed by atoms with Gasteiger partial charge in [-0.15, -0.1) is 0 Å². The molecule has 0 spiro atoms. The zero-order valence-electron chi connectivity index (χ0n) is 16.7. The summed E-state index contributed by atoms with van der Waals surface area (Å²) in [5.41, 5.74) is 6.49. The number of Topliss-reactive ketones (excluding diaryl/α,β-unsaturated/α-hetero) is 1. The molecular formula is C27H18N2O2. The number of fused-ring (bicyclic) bond motifs is 1. The van der Waals surface area contributed by atoms with E-state index in [0.717, 1.165) is 16.7 Å². The molecule has 0 atom stereocenters. The largest absolute Gasteiger partial charge is 0.289 e. The molecule has 4 heteroatoms. The first-order valence-electron chi connectivity index (χ1n) is 10.0. The summed E-state index contributed by atoms with van der Waals surface area (Å²) in [6.07, 6.45) is 4.49. The van der Waals surface area contributed by atoms with E-state index in [-0.39, 0.29) is 22.8 Å². The summed E-state index contributed by atoms with van der Waals surface area (Å²) in [4.78, 5) is 32.8. The Morgan fingerprint density at radius 2 is 1.26 bits per heavy atom. The molecule has 0 fully saturated rings. The lowest BCUT2D eigenvalue weighted by molar-refractivity contribution is 0.0978. The molecule has 3 aromatic carbocycles. The van der Waals surface area contributed by atoms with Crippen LogP contribution in [0.4, 0.5) is 0 Å². The van der Waals surface area contributed by atoms with E-state index in [0.29, 0.717) is 12.0 Å². The number of hydrogen-bond acceptors (Lipinski definition) is 4. The first kappa shape index (κ1) is 18.8. The molecule has 1 aromatic heterocycles. The normalized spacial score (nSPS) is 13.0. The van der Waals surface area contributed by atoms with Gasteiger partial charge < -0.3 is 0 Å². The third-order valence-corrected chi connectivity index (χ3v) is 5.46. The number of hydrogen-bond donors (Lipinski definition) is 0. The average molecular weight is 402 g/mol. The van der Waals surface area contributed by atoms with Crippen molar-refractivity contribution < 1.29 is 9.59 Å². The van der Waals surface area contributed by atoms with Crippen molar-refractivity contribution in [3.05, 3.63) is 120 Å². The summed E-state index contributed by atoms with van der Waals surface area (Å²) < 4.78 is 0. The maximum atomic E-state index is 12.7. The molecule has 0 aliphatic heterocycles. The van der Waals surface area contributed by atoms with Crippen molar-refractivity contribution in [2.45, 2.75) is 6.42 Å². The van der Waals surface area contributed by atoms with Gasteiger partial charge in [-0.1, -0.05) is 78.9 Å². The Balaban J connectivity index is 1.34. The molecule has 0 N–H and O–H groups in total. The molecule has 0 radical (unpaired) electrons.